The SMILES string of the molecule is CCCNC(=S)Nc1ccc(OCC)cc1. The van der Waals surface area contributed by atoms with E-state index in [9.17, 15) is 0 Å². The van der Waals surface area contributed by atoms with Gasteiger partial charge in [0.2, 0.25) is 0 Å². The molecule has 1 rings (SSSR count). The first-order valence-corrected chi connectivity index (χ1v) is 5.94. The summed E-state index contributed by atoms with van der Waals surface area (Å²) in [7, 11) is 0. The van der Waals surface area contributed by atoms with Gasteiger partial charge in [-0.1, -0.05) is 6.92 Å². The van der Waals surface area contributed by atoms with Crippen LogP contribution in [-0.4, -0.2) is 18.3 Å². The minimum atomic E-state index is 0.658. The van der Waals surface area contributed by atoms with Gasteiger partial charge in [-0.2, -0.15) is 0 Å². The van der Waals surface area contributed by atoms with Crippen LogP contribution in [0.5, 0.6) is 5.75 Å². The highest BCUT2D eigenvalue weighted by Gasteiger charge is 1.97. The zero-order chi connectivity index (χ0) is 11.8. The summed E-state index contributed by atoms with van der Waals surface area (Å²) in [4.78, 5) is 0. The van der Waals surface area contributed by atoms with Gasteiger partial charge < -0.3 is 15.4 Å². The van der Waals surface area contributed by atoms with Crippen LogP contribution in [0.15, 0.2) is 24.3 Å². The van der Waals surface area contributed by atoms with E-state index in [-0.39, 0.29) is 0 Å². The maximum atomic E-state index is 5.35. The molecule has 1 aromatic rings. The van der Waals surface area contributed by atoms with Gasteiger partial charge in [0, 0.05) is 12.2 Å². The van der Waals surface area contributed by atoms with E-state index in [1.165, 1.54) is 0 Å². The van der Waals surface area contributed by atoms with Crippen molar-refractivity contribution in [1.82, 2.24) is 5.32 Å². The first kappa shape index (κ1) is 12.8. The van der Waals surface area contributed by atoms with E-state index in [1.807, 2.05) is 31.2 Å². The molecule has 0 aromatic heterocycles. The highest BCUT2D eigenvalue weighted by Crippen LogP contribution is 2.15. The van der Waals surface area contributed by atoms with Crippen molar-refractivity contribution >= 4 is 23.0 Å². The number of thiocarbonyl (C=S) groups is 1. The van der Waals surface area contributed by atoms with Gasteiger partial charge in [0.05, 0.1) is 6.61 Å². The molecule has 2 N–H and O–H groups in total. The van der Waals surface area contributed by atoms with Crippen molar-refractivity contribution in [1.29, 1.82) is 0 Å². The fourth-order valence-electron chi connectivity index (χ4n) is 1.21. The highest BCUT2D eigenvalue weighted by atomic mass is 32.1. The van der Waals surface area contributed by atoms with Crippen LogP contribution in [0.4, 0.5) is 5.69 Å². The molecule has 0 saturated carbocycles. The monoisotopic (exact) mass is 238 g/mol. The number of ether oxygens (including phenoxy) is 1. The van der Waals surface area contributed by atoms with E-state index >= 15 is 0 Å². The molecule has 0 bridgehead atoms. The number of anilines is 1. The Balaban J connectivity index is 2.45. The lowest BCUT2D eigenvalue weighted by Crippen LogP contribution is -2.28. The van der Waals surface area contributed by atoms with E-state index in [4.69, 9.17) is 17.0 Å². The summed E-state index contributed by atoms with van der Waals surface area (Å²) >= 11 is 5.13. The Morgan fingerprint density at radius 1 is 1.25 bits per heavy atom. The van der Waals surface area contributed by atoms with Gasteiger partial charge in [0.15, 0.2) is 5.11 Å². The molecule has 0 fully saturated rings. The Kier molecular flexibility index (Phi) is 5.64. The van der Waals surface area contributed by atoms with Crippen molar-refractivity contribution in [3.63, 3.8) is 0 Å². The van der Waals surface area contributed by atoms with Crippen molar-refractivity contribution < 1.29 is 4.74 Å². The van der Waals surface area contributed by atoms with Gasteiger partial charge >= 0.3 is 0 Å². The number of rotatable bonds is 5. The summed E-state index contributed by atoms with van der Waals surface area (Å²) in [6.45, 7) is 5.65. The van der Waals surface area contributed by atoms with E-state index in [2.05, 4.69) is 17.6 Å². The molecule has 0 unspecified atom stereocenters. The summed E-state index contributed by atoms with van der Waals surface area (Å²) in [5, 5.41) is 6.88. The lowest BCUT2D eigenvalue weighted by Gasteiger charge is -2.10. The second kappa shape index (κ2) is 7.06. The Morgan fingerprint density at radius 3 is 2.50 bits per heavy atom. The first-order chi connectivity index (χ1) is 7.76. The molecule has 0 aliphatic rings. The molecule has 0 amide bonds. The average molecular weight is 238 g/mol. The van der Waals surface area contributed by atoms with Gasteiger partial charge in [-0.05, 0) is 49.8 Å². The minimum Gasteiger partial charge on any atom is -0.494 e. The number of hydrogen-bond acceptors (Lipinski definition) is 2. The van der Waals surface area contributed by atoms with Gasteiger partial charge in [0.25, 0.3) is 0 Å². The Morgan fingerprint density at radius 2 is 1.94 bits per heavy atom. The Labute approximate surface area is 102 Å². The normalized spacial score (nSPS) is 9.62. The lowest BCUT2D eigenvalue weighted by atomic mass is 10.3. The standard InChI is InChI=1S/C12H18N2OS/c1-3-9-13-12(16)14-10-5-7-11(8-6-10)15-4-2/h5-8H,3-4,9H2,1-2H3,(H2,13,14,16). The first-order valence-electron chi connectivity index (χ1n) is 5.54. The van der Waals surface area contributed by atoms with Crippen molar-refractivity contribution in [2.45, 2.75) is 20.3 Å². The van der Waals surface area contributed by atoms with Gasteiger partial charge in [0.1, 0.15) is 5.75 Å². The molecule has 4 heteroatoms. The van der Waals surface area contributed by atoms with E-state index in [0.717, 1.165) is 24.4 Å². The molecule has 3 nitrogen and oxygen atoms in total. The number of nitrogens with one attached hydrogen (secondary N) is 2. The fourth-order valence-corrected chi connectivity index (χ4v) is 1.43. The molecular formula is C12H18N2OS. The van der Waals surface area contributed by atoms with Crippen LogP contribution in [0.1, 0.15) is 20.3 Å². The summed E-state index contributed by atoms with van der Waals surface area (Å²) in [5.74, 6) is 0.875. The maximum absolute atomic E-state index is 5.35. The quantitative estimate of drug-likeness (QED) is 0.773. The highest BCUT2D eigenvalue weighted by molar-refractivity contribution is 7.80. The predicted octanol–water partition coefficient (Wildman–Crippen LogP) is 2.78. The summed E-state index contributed by atoms with van der Waals surface area (Å²) in [6, 6.07) is 7.75. The van der Waals surface area contributed by atoms with Crippen LogP contribution in [0.3, 0.4) is 0 Å². The van der Waals surface area contributed by atoms with E-state index in [1.54, 1.807) is 0 Å². The van der Waals surface area contributed by atoms with Crippen LogP contribution >= 0.6 is 12.2 Å². The van der Waals surface area contributed by atoms with Gasteiger partial charge in [-0.15, -0.1) is 0 Å². The van der Waals surface area contributed by atoms with Gasteiger partial charge in [-0.3, -0.25) is 0 Å². The zero-order valence-electron chi connectivity index (χ0n) is 9.75. The summed E-state index contributed by atoms with van der Waals surface area (Å²) < 4.78 is 5.35. The molecular weight excluding hydrogens is 220 g/mol. The van der Waals surface area contributed by atoms with E-state index in [0.29, 0.717) is 11.7 Å². The molecule has 0 saturated heterocycles. The molecule has 0 atom stereocenters. The molecule has 0 heterocycles. The summed E-state index contributed by atoms with van der Waals surface area (Å²) in [6.07, 6.45) is 1.06. The van der Waals surface area contributed by atoms with Crippen molar-refractivity contribution in [2.75, 3.05) is 18.5 Å². The van der Waals surface area contributed by atoms with Crippen LogP contribution in [0.25, 0.3) is 0 Å². The minimum absolute atomic E-state index is 0.658. The number of benzene rings is 1. The number of hydrogen-bond donors (Lipinski definition) is 2. The topological polar surface area (TPSA) is 33.3 Å². The Hall–Kier alpha value is -1.29. The molecule has 0 radical (unpaired) electrons. The predicted molar refractivity (Wildman–Crippen MR) is 72.1 cm³/mol. The Bertz CT molecular complexity index is 324. The van der Waals surface area contributed by atoms with Crippen LogP contribution < -0.4 is 15.4 Å². The lowest BCUT2D eigenvalue weighted by molar-refractivity contribution is 0.340. The smallest absolute Gasteiger partial charge is 0.170 e. The largest absolute Gasteiger partial charge is 0.494 e. The third kappa shape index (κ3) is 4.49. The third-order valence-corrected chi connectivity index (χ3v) is 2.21. The average Bonchev–Trinajstić information content (AvgIpc) is 2.29. The van der Waals surface area contributed by atoms with Crippen LogP contribution in [-0.2, 0) is 0 Å². The second-order valence-electron chi connectivity index (χ2n) is 3.34. The van der Waals surface area contributed by atoms with Crippen molar-refractivity contribution in [3.05, 3.63) is 24.3 Å². The van der Waals surface area contributed by atoms with Gasteiger partial charge in [-0.25, -0.2) is 0 Å². The zero-order valence-corrected chi connectivity index (χ0v) is 10.6. The molecule has 16 heavy (non-hydrogen) atoms. The third-order valence-electron chi connectivity index (χ3n) is 1.96. The molecule has 1 aromatic carbocycles. The second-order valence-corrected chi connectivity index (χ2v) is 3.75. The fraction of sp³-hybridized carbons (Fsp3) is 0.417. The van der Waals surface area contributed by atoms with Crippen molar-refractivity contribution in [2.24, 2.45) is 0 Å². The van der Waals surface area contributed by atoms with Crippen LogP contribution in [0, 0.1) is 0 Å². The van der Waals surface area contributed by atoms with Crippen molar-refractivity contribution in [3.8, 4) is 5.75 Å². The van der Waals surface area contributed by atoms with E-state index < -0.39 is 0 Å². The molecule has 0 aliphatic carbocycles. The molecule has 0 aliphatic heterocycles. The van der Waals surface area contributed by atoms with Crippen LogP contribution in [0.2, 0.25) is 0 Å². The molecule has 0 spiro atoms. The molecule has 88 valence electrons. The summed E-state index contributed by atoms with van der Waals surface area (Å²) in [5.41, 5.74) is 0.969. The maximum Gasteiger partial charge on any atom is 0.170 e.